The number of esters is 3. The summed E-state index contributed by atoms with van der Waals surface area (Å²) >= 11 is 0. The highest BCUT2D eigenvalue weighted by Gasteiger charge is 2.85. The number of hydrogen-bond donors (Lipinski definition) is 0. The van der Waals surface area contributed by atoms with E-state index in [4.69, 9.17) is 4.74 Å². The van der Waals surface area contributed by atoms with Crippen LogP contribution < -0.4 is 0 Å². The van der Waals surface area contributed by atoms with Gasteiger partial charge in [0, 0.05) is 24.8 Å². The molecule has 0 N–H and O–H groups in total. The molecule has 0 spiro atoms. The molecule has 4 saturated carbocycles. The van der Waals surface area contributed by atoms with Gasteiger partial charge < -0.3 is 14.2 Å². The van der Waals surface area contributed by atoms with E-state index in [2.05, 4.69) is 16.1 Å². The van der Waals surface area contributed by atoms with E-state index in [-0.39, 0.29) is 18.4 Å². The van der Waals surface area contributed by atoms with Crippen molar-refractivity contribution in [2.75, 3.05) is 0 Å². The molecule has 4 bridgehead atoms. The molecule has 5 atom stereocenters. The van der Waals surface area contributed by atoms with Crippen molar-refractivity contribution >= 4 is 17.9 Å². The number of halogens is 15. The lowest BCUT2D eigenvalue weighted by molar-refractivity contribution is -0.393. The Hall–Kier alpha value is -2.90. The first-order valence-electron chi connectivity index (χ1n) is 12.5. The molecular weight excluding hydrogens is 669 g/mol. The van der Waals surface area contributed by atoms with Gasteiger partial charge in [0.2, 0.25) is 0 Å². The van der Waals surface area contributed by atoms with Gasteiger partial charge in [0.05, 0.1) is 0 Å². The van der Waals surface area contributed by atoms with Gasteiger partial charge >= 0.3 is 59.6 Å². The normalized spacial score (nSPS) is 29.3. The second-order valence-corrected chi connectivity index (χ2v) is 11.5. The monoisotopic (exact) mass is 690 g/mol. The van der Waals surface area contributed by atoms with Gasteiger partial charge in [-0.1, -0.05) is 6.58 Å². The number of ether oxygens (including phenoxy) is 3. The SMILES string of the molecule is C=C(C)C(=O)OC12CC3CC(C1)C(OC(=O)C(F)(F)C(F)(F)C(C)(F)F)C(OC(=O)C(F)(F)C(F)(F)C(F)(F)C(F)(F)F)(C3)C2. The molecule has 258 valence electrons. The average molecular weight is 690 g/mol. The molecule has 4 fully saturated rings. The smallest absolute Gasteiger partial charge is 0.456 e. The van der Waals surface area contributed by atoms with E-state index >= 15 is 0 Å². The fourth-order valence-corrected chi connectivity index (χ4v) is 6.05. The van der Waals surface area contributed by atoms with Gasteiger partial charge in [-0.15, -0.1) is 0 Å². The molecule has 0 saturated heterocycles. The van der Waals surface area contributed by atoms with Crippen molar-refractivity contribution in [3.05, 3.63) is 12.2 Å². The standard InChI is InChI=1S/C24H21F15O6/c1-9(2)13(40)44-17-5-10-4-11(7-17)12(43-14(41)19(27,28)21(31,32)16(3,25)26)18(6-10,8-17)45-15(42)20(29,30)22(33,34)23(35,36)24(37,38)39/h10-12H,1,4-8H2,2-3H3. The number of rotatable bonds is 10. The zero-order valence-corrected chi connectivity index (χ0v) is 22.6. The van der Waals surface area contributed by atoms with E-state index in [0.29, 0.717) is 0 Å². The summed E-state index contributed by atoms with van der Waals surface area (Å²) in [5.74, 6) is -51.8. The van der Waals surface area contributed by atoms with Crippen molar-refractivity contribution in [3.8, 4) is 0 Å². The van der Waals surface area contributed by atoms with E-state index in [1.165, 1.54) is 0 Å². The van der Waals surface area contributed by atoms with Crippen LogP contribution in [0.25, 0.3) is 0 Å². The fourth-order valence-electron chi connectivity index (χ4n) is 6.05. The molecule has 0 aromatic rings. The summed E-state index contributed by atoms with van der Waals surface area (Å²) in [4.78, 5) is 36.8. The molecule has 0 heterocycles. The van der Waals surface area contributed by atoms with Gasteiger partial charge in [-0.05, 0) is 38.5 Å². The molecule has 6 nitrogen and oxygen atoms in total. The molecule has 4 aliphatic rings. The van der Waals surface area contributed by atoms with Crippen LogP contribution in [0.4, 0.5) is 65.9 Å². The molecule has 0 amide bonds. The number of hydrogen-bond acceptors (Lipinski definition) is 6. The summed E-state index contributed by atoms with van der Waals surface area (Å²) < 4.78 is 218. The Bertz CT molecular complexity index is 1260. The summed E-state index contributed by atoms with van der Waals surface area (Å²) in [6, 6.07) is 0. The lowest BCUT2D eigenvalue weighted by atomic mass is 9.50. The molecule has 5 unspecified atom stereocenters. The molecular formula is C24H21F15O6. The molecule has 21 heteroatoms. The first-order chi connectivity index (χ1) is 19.8. The number of carbonyl (C=O) groups is 3. The number of alkyl halides is 15. The summed E-state index contributed by atoms with van der Waals surface area (Å²) in [6.07, 6.45) is -13.5. The van der Waals surface area contributed by atoms with Crippen LogP contribution in [-0.4, -0.2) is 76.9 Å². The third-order valence-electron chi connectivity index (χ3n) is 7.92. The van der Waals surface area contributed by atoms with E-state index in [9.17, 15) is 80.2 Å². The first-order valence-corrected chi connectivity index (χ1v) is 12.5. The highest BCUT2D eigenvalue weighted by atomic mass is 19.4. The minimum absolute atomic E-state index is 0.253. The van der Waals surface area contributed by atoms with Gasteiger partial charge in [-0.2, -0.15) is 65.9 Å². The van der Waals surface area contributed by atoms with Gasteiger partial charge in [0.25, 0.3) is 0 Å². The van der Waals surface area contributed by atoms with Gasteiger partial charge in [0.1, 0.15) is 11.7 Å². The Balaban J connectivity index is 2.10. The predicted molar refractivity (Wildman–Crippen MR) is 114 cm³/mol. The Morgan fingerprint density at radius 1 is 0.711 bits per heavy atom. The Labute approximate surface area is 242 Å². The zero-order valence-electron chi connectivity index (χ0n) is 22.6. The topological polar surface area (TPSA) is 78.9 Å². The first kappa shape index (κ1) is 36.6. The van der Waals surface area contributed by atoms with Crippen LogP contribution in [0.2, 0.25) is 0 Å². The quantitative estimate of drug-likeness (QED) is 0.111. The van der Waals surface area contributed by atoms with E-state index in [1.807, 2.05) is 0 Å². The second kappa shape index (κ2) is 10.3. The fraction of sp³-hybridized carbons (Fsp3) is 0.792. The maximum atomic E-state index is 14.5. The van der Waals surface area contributed by atoms with Gasteiger partial charge in [-0.25, -0.2) is 14.4 Å². The largest absolute Gasteiger partial charge is 0.460 e. The number of carbonyl (C=O) groups excluding carboxylic acids is 3. The van der Waals surface area contributed by atoms with Crippen LogP contribution in [0.1, 0.15) is 46.0 Å². The average Bonchev–Trinajstić information content (AvgIpc) is 2.83. The van der Waals surface area contributed by atoms with E-state index in [0.717, 1.165) is 6.92 Å². The molecule has 4 rings (SSSR count). The molecule has 0 aromatic heterocycles. The van der Waals surface area contributed by atoms with Crippen LogP contribution >= 0.6 is 0 Å². The Kier molecular flexibility index (Phi) is 8.37. The van der Waals surface area contributed by atoms with Crippen molar-refractivity contribution in [3.63, 3.8) is 0 Å². The van der Waals surface area contributed by atoms with Crippen LogP contribution in [0.15, 0.2) is 12.2 Å². The highest BCUT2D eigenvalue weighted by Crippen LogP contribution is 2.63. The maximum Gasteiger partial charge on any atom is 0.460 e. The molecule has 0 aliphatic heterocycles. The van der Waals surface area contributed by atoms with Crippen LogP contribution in [0.3, 0.4) is 0 Å². The third kappa shape index (κ3) is 5.48. The summed E-state index contributed by atoms with van der Waals surface area (Å²) in [5, 5.41) is 0. The van der Waals surface area contributed by atoms with Crippen LogP contribution in [0.5, 0.6) is 0 Å². The van der Waals surface area contributed by atoms with E-state index in [1.54, 1.807) is 0 Å². The van der Waals surface area contributed by atoms with Crippen LogP contribution in [-0.2, 0) is 28.6 Å². The maximum absolute atomic E-state index is 14.5. The summed E-state index contributed by atoms with van der Waals surface area (Å²) in [7, 11) is 0. The molecule has 0 aromatic carbocycles. The molecule has 4 aliphatic carbocycles. The minimum Gasteiger partial charge on any atom is -0.456 e. The Morgan fingerprint density at radius 2 is 1.22 bits per heavy atom. The predicted octanol–water partition coefficient (Wildman–Crippen LogP) is 6.66. The van der Waals surface area contributed by atoms with Crippen molar-refractivity contribution in [1.29, 1.82) is 0 Å². The second-order valence-electron chi connectivity index (χ2n) is 11.5. The van der Waals surface area contributed by atoms with Crippen molar-refractivity contribution in [2.45, 2.75) is 105 Å². The summed E-state index contributed by atoms with van der Waals surface area (Å²) in [5.41, 5.74) is -5.51. The van der Waals surface area contributed by atoms with Gasteiger partial charge in [0.15, 0.2) is 5.60 Å². The molecule has 45 heavy (non-hydrogen) atoms. The van der Waals surface area contributed by atoms with Crippen LogP contribution in [0, 0.1) is 11.8 Å². The van der Waals surface area contributed by atoms with Crippen molar-refractivity contribution < 1.29 is 94.5 Å². The minimum atomic E-state index is -7.58. The lowest BCUT2D eigenvalue weighted by Gasteiger charge is -2.62. The van der Waals surface area contributed by atoms with E-state index < -0.39 is 115 Å². The van der Waals surface area contributed by atoms with Crippen molar-refractivity contribution in [1.82, 2.24) is 0 Å². The third-order valence-corrected chi connectivity index (χ3v) is 7.92. The van der Waals surface area contributed by atoms with Crippen molar-refractivity contribution in [2.24, 2.45) is 11.8 Å². The molecule has 0 radical (unpaired) electrons. The highest BCUT2D eigenvalue weighted by molar-refractivity contribution is 5.87. The Morgan fingerprint density at radius 3 is 1.69 bits per heavy atom. The lowest BCUT2D eigenvalue weighted by Crippen LogP contribution is -2.72. The zero-order chi connectivity index (χ0) is 35.2. The van der Waals surface area contributed by atoms with Gasteiger partial charge in [-0.3, -0.25) is 0 Å². The summed E-state index contributed by atoms with van der Waals surface area (Å²) in [6.45, 7) is 3.64.